The van der Waals surface area contributed by atoms with E-state index in [-0.39, 0.29) is 0 Å². The SMILES string of the molecule is COC(=O)c1ccc([S+]([O-])c2cccnn2)cc1. The molecular weight excluding hydrogens is 252 g/mol. The van der Waals surface area contributed by atoms with E-state index in [0.29, 0.717) is 15.5 Å². The summed E-state index contributed by atoms with van der Waals surface area (Å²) in [4.78, 5) is 11.8. The van der Waals surface area contributed by atoms with Crippen molar-refractivity contribution in [1.82, 2.24) is 10.2 Å². The third-order valence-electron chi connectivity index (χ3n) is 2.23. The first-order chi connectivity index (χ1) is 8.72. The molecule has 1 aromatic heterocycles. The van der Waals surface area contributed by atoms with Gasteiger partial charge in [-0.3, -0.25) is 0 Å². The van der Waals surface area contributed by atoms with E-state index in [9.17, 15) is 9.35 Å². The Labute approximate surface area is 107 Å². The average molecular weight is 262 g/mol. The fourth-order valence-corrected chi connectivity index (χ4v) is 2.29. The van der Waals surface area contributed by atoms with Crippen LogP contribution < -0.4 is 0 Å². The Kier molecular flexibility index (Phi) is 3.91. The Morgan fingerprint density at radius 1 is 1.28 bits per heavy atom. The van der Waals surface area contributed by atoms with Crippen LogP contribution >= 0.6 is 0 Å². The molecule has 2 aromatic rings. The van der Waals surface area contributed by atoms with E-state index in [1.165, 1.54) is 13.3 Å². The highest BCUT2D eigenvalue weighted by atomic mass is 32.2. The van der Waals surface area contributed by atoms with Crippen LogP contribution in [0.25, 0.3) is 0 Å². The summed E-state index contributed by atoms with van der Waals surface area (Å²) in [5, 5.41) is 7.84. The van der Waals surface area contributed by atoms with Gasteiger partial charge in [-0.2, -0.15) is 5.10 Å². The molecule has 0 amide bonds. The standard InChI is InChI=1S/C12H10N2O3S/c1-17-12(15)9-4-6-10(7-5-9)18(16)11-3-2-8-13-14-11/h2-8H,1H3. The van der Waals surface area contributed by atoms with Crippen molar-refractivity contribution in [2.75, 3.05) is 7.11 Å². The van der Waals surface area contributed by atoms with E-state index in [1.54, 1.807) is 36.4 Å². The highest BCUT2D eigenvalue weighted by Crippen LogP contribution is 2.18. The smallest absolute Gasteiger partial charge is 0.337 e. The predicted octanol–water partition coefficient (Wildman–Crippen LogP) is 1.43. The van der Waals surface area contributed by atoms with Crippen molar-refractivity contribution in [2.24, 2.45) is 0 Å². The topological polar surface area (TPSA) is 75.1 Å². The van der Waals surface area contributed by atoms with Crippen LogP contribution in [0.1, 0.15) is 10.4 Å². The normalized spacial score (nSPS) is 11.9. The van der Waals surface area contributed by atoms with Crippen LogP contribution in [-0.2, 0) is 15.9 Å². The van der Waals surface area contributed by atoms with Crippen molar-refractivity contribution >= 4 is 17.1 Å². The third-order valence-corrected chi connectivity index (χ3v) is 3.53. The summed E-state index contributed by atoms with van der Waals surface area (Å²) in [5.74, 6) is -0.424. The predicted molar refractivity (Wildman–Crippen MR) is 64.5 cm³/mol. The molecule has 5 nitrogen and oxygen atoms in total. The van der Waals surface area contributed by atoms with Gasteiger partial charge >= 0.3 is 5.97 Å². The number of carbonyl (C=O) groups excluding carboxylic acids is 1. The lowest BCUT2D eigenvalue weighted by Gasteiger charge is -2.08. The minimum Gasteiger partial charge on any atom is -0.605 e. The van der Waals surface area contributed by atoms with Crippen molar-refractivity contribution in [2.45, 2.75) is 9.92 Å². The molecule has 92 valence electrons. The second kappa shape index (κ2) is 5.61. The van der Waals surface area contributed by atoms with E-state index in [1.807, 2.05) is 0 Å². The van der Waals surface area contributed by atoms with Crippen LogP contribution in [0, 0.1) is 0 Å². The van der Waals surface area contributed by atoms with Crippen molar-refractivity contribution in [3.05, 3.63) is 48.2 Å². The minimum absolute atomic E-state index is 0.378. The Morgan fingerprint density at radius 2 is 2.00 bits per heavy atom. The number of rotatable bonds is 3. The number of methoxy groups -OCH3 is 1. The molecule has 0 aliphatic heterocycles. The van der Waals surface area contributed by atoms with E-state index < -0.39 is 17.1 Å². The fraction of sp³-hybridized carbons (Fsp3) is 0.0833. The maximum absolute atomic E-state index is 12.1. The zero-order valence-electron chi connectivity index (χ0n) is 9.57. The number of hydrogen-bond acceptors (Lipinski definition) is 5. The van der Waals surface area contributed by atoms with Gasteiger partial charge in [0, 0.05) is 23.4 Å². The Balaban J connectivity index is 2.22. The molecule has 0 aliphatic carbocycles. The molecule has 1 atom stereocenters. The molecule has 0 saturated heterocycles. The highest BCUT2D eigenvalue weighted by Gasteiger charge is 2.17. The highest BCUT2D eigenvalue weighted by molar-refractivity contribution is 7.91. The molecule has 0 saturated carbocycles. The quantitative estimate of drug-likeness (QED) is 0.618. The van der Waals surface area contributed by atoms with Crippen molar-refractivity contribution in [3.63, 3.8) is 0 Å². The Morgan fingerprint density at radius 3 is 2.56 bits per heavy atom. The van der Waals surface area contributed by atoms with Gasteiger partial charge in [0.2, 0.25) is 0 Å². The maximum Gasteiger partial charge on any atom is 0.337 e. The summed E-state index contributed by atoms with van der Waals surface area (Å²) < 4.78 is 16.7. The molecule has 1 heterocycles. The molecule has 18 heavy (non-hydrogen) atoms. The summed E-state index contributed by atoms with van der Waals surface area (Å²) in [6, 6.07) is 9.65. The lowest BCUT2D eigenvalue weighted by molar-refractivity contribution is 0.0600. The van der Waals surface area contributed by atoms with E-state index in [4.69, 9.17) is 0 Å². The molecule has 1 unspecified atom stereocenters. The maximum atomic E-state index is 12.1. The first-order valence-corrected chi connectivity index (χ1v) is 6.25. The van der Waals surface area contributed by atoms with Crippen LogP contribution in [0.2, 0.25) is 0 Å². The molecule has 6 heteroatoms. The number of benzene rings is 1. The summed E-state index contributed by atoms with van der Waals surface area (Å²) in [5.41, 5.74) is 0.414. The molecule has 0 bridgehead atoms. The van der Waals surface area contributed by atoms with Crippen LogP contribution in [-0.4, -0.2) is 27.8 Å². The largest absolute Gasteiger partial charge is 0.605 e. The zero-order valence-corrected chi connectivity index (χ0v) is 10.4. The number of nitrogens with zero attached hydrogens (tertiary/aromatic N) is 2. The van der Waals surface area contributed by atoms with Gasteiger partial charge in [0.15, 0.2) is 4.90 Å². The molecular formula is C12H10N2O3S. The first-order valence-electron chi connectivity index (χ1n) is 5.10. The van der Waals surface area contributed by atoms with E-state index in [2.05, 4.69) is 14.9 Å². The number of carbonyl (C=O) groups is 1. The second-order valence-electron chi connectivity index (χ2n) is 3.35. The number of esters is 1. The van der Waals surface area contributed by atoms with Crippen LogP contribution in [0.4, 0.5) is 0 Å². The van der Waals surface area contributed by atoms with Gasteiger partial charge < -0.3 is 9.29 Å². The monoisotopic (exact) mass is 262 g/mol. The summed E-state index contributed by atoms with van der Waals surface area (Å²) in [7, 11) is 1.31. The van der Waals surface area contributed by atoms with Gasteiger partial charge in [0.05, 0.1) is 12.7 Å². The molecule has 0 N–H and O–H groups in total. The van der Waals surface area contributed by atoms with Gasteiger partial charge in [-0.15, -0.1) is 0 Å². The molecule has 2 rings (SSSR count). The van der Waals surface area contributed by atoms with Crippen LogP contribution in [0.15, 0.2) is 52.5 Å². The van der Waals surface area contributed by atoms with Gasteiger partial charge in [0.25, 0.3) is 5.03 Å². The number of hydrogen-bond donors (Lipinski definition) is 0. The van der Waals surface area contributed by atoms with Crippen LogP contribution in [0.5, 0.6) is 0 Å². The minimum atomic E-state index is -1.40. The number of aromatic nitrogens is 2. The van der Waals surface area contributed by atoms with Crippen LogP contribution in [0.3, 0.4) is 0 Å². The Hall–Kier alpha value is -1.92. The molecule has 1 aromatic carbocycles. The summed E-state index contributed by atoms with van der Waals surface area (Å²) >= 11 is -1.40. The van der Waals surface area contributed by atoms with Gasteiger partial charge in [-0.1, -0.05) is 5.10 Å². The zero-order chi connectivity index (χ0) is 13.0. The summed E-state index contributed by atoms with van der Waals surface area (Å²) in [6.45, 7) is 0. The number of ether oxygens (including phenoxy) is 1. The average Bonchev–Trinajstić information content (AvgIpc) is 2.47. The van der Waals surface area contributed by atoms with Crippen molar-refractivity contribution < 1.29 is 14.1 Å². The second-order valence-corrected chi connectivity index (χ2v) is 4.77. The van der Waals surface area contributed by atoms with Gasteiger partial charge in [-0.05, 0) is 30.3 Å². The van der Waals surface area contributed by atoms with E-state index in [0.717, 1.165) is 0 Å². The molecule has 0 radical (unpaired) electrons. The van der Waals surface area contributed by atoms with Gasteiger partial charge in [-0.25, -0.2) is 4.79 Å². The molecule has 0 aliphatic rings. The lowest BCUT2D eigenvalue weighted by Crippen LogP contribution is -2.06. The van der Waals surface area contributed by atoms with Crippen molar-refractivity contribution in [1.29, 1.82) is 0 Å². The first kappa shape index (κ1) is 12.5. The molecule has 0 spiro atoms. The fourth-order valence-electron chi connectivity index (χ4n) is 1.34. The third kappa shape index (κ3) is 2.66. The lowest BCUT2D eigenvalue weighted by atomic mass is 10.2. The molecule has 0 fully saturated rings. The summed E-state index contributed by atoms with van der Waals surface area (Å²) in [6.07, 6.45) is 1.51. The van der Waals surface area contributed by atoms with Gasteiger partial charge in [0.1, 0.15) is 0 Å². The Bertz CT molecular complexity index is 531. The van der Waals surface area contributed by atoms with E-state index >= 15 is 0 Å². The van der Waals surface area contributed by atoms with Crippen molar-refractivity contribution in [3.8, 4) is 0 Å².